The molecule has 2 aliphatic rings. The predicted octanol–water partition coefficient (Wildman–Crippen LogP) is 0.320. The number of hydrogen-bond acceptors (Lipinski definition) is 2. The SMILES string of the molecule is CC1CC2CNCC2CN(C)C1=O. The van der Waals surface area contributed by atoms with E-state index < -0.39 is 0 Å². The van der Waals surface area contributed by atoms with Gasteiger partial charge in [-0.05, 0) is 31.3 Å². The molecule has 13 heavy (non-hydrogen) atoms. The number of nitrogens with one attached hydrogen (secondary N) is 1. The summed E-state index contributed by atoms with van der Waals surface area (Å²) >= 11 is 0. The average Bonchev–Trinajstić information content (AvgIpc) is 2.47. The first-order chi connectivity index (χ1) is 6.18. The molecule has 0 spiro atoms. The highest BCUT2D eigenvalue weighted by molar-refractivity contribution is 5.78. The van der Waals surface area contributed by atoms with E-state index in [1.54, 1.807) is 0 Å². The molecule has 3 nitrogen and oxygen atoms in total. The van der Waals surface area contributed by atoms with Gasteiger partial charge in [0.15, 0.2) is 0 Å². The van der Waals surface area contributed by atoms with Crippen LogP contribution in [0.1, 0.15) is 13.3 Å². The fraction of sp³-hybridized carbons (Fsp3) is 0.900. The van der Waals surface area contributed by atoms with Gasteiger partial charge in [0.2, 0.25) is 5.91 Å². The number of fused-ring (bicyclic) bond motifs is 1. The Morgan fingerprint density at radius 1 is 1.38 bits per heavy atom. The smallest absolute Gasteiger partial charge is 0.225 e. The molecule has 0 aromatic carbocycles. The summed E-state index contributed by atoms with van der Waals surface area (Å²) in [4.78, 5) is 13.6. The molecule has 0 aliphatic carbocycles. The van der Waals surface area contributed by atoms with E-state index in [-0.39, 0.29) is 5.92 Å². The molecule has 2 heterocycles. The molecule has 2 rings (SSSR count). The van der Waals surface area contributed by atoms with Crippen LogP contribution < -0.4 is 5.32 Å². The number of carbonyl (C=O) groups is 1. The predicted molar refractivity (Wildman–Crippen MR) is 51.3 cm³/mol. The van der Waals surface area contributed by atoms with Crippen LogP contribution in [0.5, 0.6) is 0 Å². The van der Waals surface area contributed by atoms with Gasteiger partial charge in [0.05, 0.1) is 0 Å². The molecule has 3 unspecified atom stereocenters. The van der Waals surface area contributed by atoms with E-state index >= 15 is 0 Å². The highest BCUT2D eigenvalue weighted by Crippen LogP contribution is 2.29. The second kappa shape index (κ2) is 3.29. The maximum absolute atomic E-state index is 11.7. The highest BCUT2D eigenvalue weighted by atomic mass is 16.2. The number of carbonyl (C=O) groups excluding carboxylic acids is 1. The van der Waals surface area contributed by atoms with Crippen molar-refractivity contribution in [3.8, 4) is 0 Å². The summed E-state index contributed by atoms with van der Waals surface area (Å²) in [6.45, 7) is 5.20. The Kier molecular flexibility index (Phi) is 2.28. The molecule has 3 heteroatoms. The summed E-state index contributed by atoms with van der Waals surface area (Å²) < 4.78 is 0. The first-order valence-corrected chi connectivity index (χ1v) is 5.14. The third-order valence-corrected chi connectivity index (χ3v) is 3.44. The van der Waals surface area contributed by atoms with Gasteiger partial charge in [0.1, 0.15) is 0 Å². The summed E-state index contributed by atoms with van der Waals surface area (Å²) in [5, 5.41) is 3.41. The molecule has 74 valence electrons. The van der Waals surface area contributed by atoms with Crippen molar-refractivity contribution in [2.75, 3.05) is 26.7 Å². The summed E-state index contributed by atoms with van der Waals surface area (Å²) in [6.07, 6.45) is 1.07. The molecule has 3 atom stereocenters. The molecule has 1 amide bonds. The third-order valence-electron chi connectivity index (χ3n) is 3.44. The molecule has 2 saturated heterocycles. The minimum absolute atomic E-state index is 0.222. The fourth-order valence-corrected chi connectivity index (χ4v) is 2.65. The van der Waals surface area contributed by atoms with E-state index in [4.69, 9.17) is 0 Å². The van der Waals surface area contributed by atoms with Crippen LogP contribution in [0.4, 0.5) is 0 Å². The maximum Gasteiger partial charge on any atom is 0.225 e. The Morgan fingerprint density at radius 2 is 2.08 bits per heavy atom. The molecule has 0 aromatic heterocycles. The summed E-state index contributed by atoms with van der Waals surface area (Å²) in [5.41, 5.74) is 0. The Labute approximate surface area is 79.5 Å². The average molecular weight is 182 g/mol. The molecule has 0 saturated carbocycles. The lowest BCUT2D eigenvalue weighted by atomic mass is 9.89. The topological polar surface area (TPSA) is 32.3 Å². The van der Waals surface area contributed by atoms with Gasteiger partial charge in [-0.15, -0.1) is 0 Å². The van der Waals surface area contributed by atoms with Crippen LogP contribution in [0.25, 0.3) is 0 Å². The third kappa shape index (κ3) is 1.57. The van der Waals surface area contributed by atoms with Crippen LogP contribution in [-0.4, -0.2) is 37.5 Å². The number of rotatable bonds is 0. The summed E-state index contributed by atoms with van der Waals surface area (Å²) in [7, 11) is 1.93. The normalized spacial score (nSPS) is 40.3. The van der Waals surface area contributed by atoms with Crippen molar-refractivity contribution < 1.29 is 4.79 Å². The lowest BCUT2D eigenvalue weighted by Gasteiger charge is -2.19. The Hall–Kier alpha value is -0.570. The first-order valence-electron chi connectivity index (χ1n) is 5.14. The molecular weight excluding hydrogens is 164 g/mol. The standard InChI is InChI=1S/C10H18N2O/c1-7-3-8-4-11-5-9(8)6-12(2)10(7)13/h7-9,11H,3-6H2,1-2H3. The van der Waals surface area contributed by atoms with E-state index in [0.717, 1.165) is 32.0 Å². The van der Waals surface area contributed by atoms with Crippen molar-refractivity contribution in [3.63, 3.8) is 0 Å². The zero-order valence-electron chi connectivity index (χ0n) is 8.42. The van der Waals surface area contributed by atoms with E-state index in [1.807, 2.05) is 11.9 Å². The fourth-order valence-electron chi connectivity index (χ4n) is 2.65. The van der Waals surface area contributed by atoms with Crippen molar-refractivity contribution in [2.45, 2.75) is 13.3 Å². The molecule has 2 fully saturated rings. The van der Waals surface area contributed by atoms with Crippen LogP contribution in [0.15, 0.2) is 0 Å². The largest absolute Gasteiger partial charge is 0.345 e. The lowest BCUT2D eigenvalue weighted by Crippen LogP contribution is -2.33. The van der Waals surface area contributed by atoms with Crippen molar-refractivity contribution >= 4 is 5.91 Å². The van der Waals surface area contributed by atoms with Gasteiger partial charge in [-0.25, -0.2) is 0 Å². The number of nitrogens with zero attached hydrogens (tertiary/aromatic N) is 1. The van der Waals surface area contributed by atoms with Crippen LogP contribution in [0.2, 0.25) is 0 Å². The Bertz CT molecular complexity index is 197. The van der Waals surface area contributed by atoms with Crippen LogP contribution in [-0.2, 0) is 4.79 Å². The van der Waals surface area contributed by atoms with Crippen LogP contribution in [0.3, 0.4) is 0 Å². The van der Waals surface area contributed by atoms with Gasteiger partial charge >= 0.3 is 0 Å². The quantitative estimate of drug-likeness (QED) is 0.585. The van der Waals surface area contributed by atoms with Crippen molar-refractivity contribution in [2.24, 2.45) is 17.8 Å². The monoisotopic (exact) mass is 182 g/mol. The van der Waals surface area contributed by atoms with Gasteiger partial charge in [-0.2, -0.15) is 0 Å². The summed E-state index contributed by atoms with van der Waals surface area (Å²) in [5.74, 6) is 1.97. The minimum Gasteiger partial charge on any atom is -0.345 e. The van der Waals surface area contributed by atoms with Gasteiger partial charge in [-0.3, -0.25) is 4.79 Å². The molecular formula is C10H18N2O. The Balaban J connectivity index is 2.12. The van der Waals surface area contributed by atoms with Gasteiger partial charge < -0.3 is 10.2 Å². The number of hydrogen-bond donors (Lipinski definition) is 1. The second-order valence-corrected chi connectivity index (χ2v) is 4.53. The van der Waals surface area contributed by atoms with Crippen molar-refractivity contribution in [1.82, 2.24) is 10.2 Å². The van der Waals surface area contributed by atoms with Gasteiger partial charge in [-0.1, -0.05) is 6.92 Å². The second-order valence-electron chi connectivity index (χ2n) is 4.53. The van der Waals surface area contributed by atoms with Gasteiger partial charge in [0, 0.05) is 19.5 Å². The van der Waals surface area contributed by atoms with E-state index in [0.29, 0.717) is 11.8 Å². The number of likely N-dealkylation sites (tertiary alicyclic amines) is 1. The van der Waals surface area contributed by atoms with Crippen molar-refractivity contribution in [1.29, 1.82) is 0 Å². The molecule has 1 N–H and O–H groups in total. The molecule has 0 aromatic rings. The highest BCUT2D eigenvalue weighted by Gasteiger charge is 2.35. The van der Waals surface area contributed by atoms with Crippen LogP contribution >= 0.6 is 0 Å². The minimum atomic E-state index is 0.222. The Morgan fingerprint density at radius 3 is 2.85 bits per heavy atom. The molecule has 0 radical (unpaired) electrons. The summed E-state index contributed by atoms with van der Waals surface area (Å²) in [6, 6.07) is 0. The van der Waals surface area contributed by atoms with Crippen molar-refractivity contribution in [3.05, 3.63) is 0 Å². The first kappa shape index (κ1) is 9.00. The van der Waals surface area contributed by atoms with E-state index in [9.17, 15) is 4.79 Å². The van der Waals surface area contributed by atoms with E-state index in [1.165, 1.54) is 0 Å². The molecule has 0 bridgehead atoms. The van der Waals surface area contributed by atoms with Gasteiger partial charge in [0.25, 0.3) is 0 Å². The zero-order chi connectivity index (χ0) is 9.42. The number of amides is 1. The van der Waals surface area contributed by atoms with E-state index in [2.05, 4.69) is 12.2 Å². The maximum atomic E-state index is 11.7. The zero-order valence-corrected chi connectivity index (χ0v) is 8.42. The van der Waals surface area contributed by atoms with Crippen LogP contribution in [0, 0.1) is 17.8 Å². The lowest BCUT2D eigenvalue weighted by molar-refractivity contribution is -0.133. The molecule has 2 aliphatic heterocycles.